The standard InChI is InChI=1S/C69H118O6/c1-4-7-10-13-16-19-22-25-27-29-30-31-32-33-34-35-36-37-38-40-41-44-47-50-53-56-59-62-68(71)74-65-66(64-73-67(70)61-58-55-52-49-46-43-24-21-18-15-12-9-6-3)75-69(72)63-60-57-54-51-48-45-42-39-28-26-23-20-17-14-11-8-5-2/h8-9,11-12,17-18,20-22,25-26,28-30,43,46,66H,4-7,10,13-16,19,23-24,27,31-42,44-45,47-65H2,1-3H3/b11-8-,12-9-,20-17-,21-18-,25-22-,28-26-,30-29-,46-43-. The summed E-state index contributed by atoms with van der Waals surface area (Å²) < 4.78 is 16.9. The topological polar surface area (TPSA) is 78.9 Å². The van der Waals surface area contributed by atoms with Crippen LogP contribution in [-0.2, 0) is 28.6 Å². The largest absolute Gasteiger partial charge is 0.462 e. The van der Waals surface area contributed by atoms with Crippen LogP contribution >= 0.6 is 0 Å². The van der Waals surface area contributed by atoms with Crippen LogP contribution in [0, 0.1) is 0 Å². The molecule has 0 aliphatic heterocycles. The summed E-state index contributed by atoms with van der Waals surface area (Å²) in [7, 11) is 0. The molecule has 0 aromatic heterocycles. The van der Waals surface area contributed by atoms with Crippen LogP contribution in [0.3, 0.4) is 0 Å². The molecule has 0 amide bonds. The summed E-state index contributed by atoms with van der Waals surface area (Å²) in [6.45, 7) is 6.39. The summed E-state index contributed by atoms with van der Waals surface area (Å²) in [6.07, 6.45) is 84.2. The van der Waals surface area contributed by atoms with Gasteiger partial charge in [-0.2, -0.15) is 0 Å². The van der Waals surface area contributed by atoms with E-state index in [9.17, 15) is 14.4 Å². The molecule has 1 atom stereocenters. The molecule has 0 aromatic rings. The summed E-state index contributed by atoms with van der Waals surface area (Å²) in [5.41, 5.74) is 0. The Morgan fingerprint density at radius 3 is 0.827 bits per heavy atom. The quantitative estimate of drug-likeness (QED) is 0.0261. The fourth-order valence-electron chi connectivity index (χ4n) is 8.86. The molecule has 0 spiro atoms. The number of carbonyl (C=O) groups excluding carboxylic acids is 3. The maximum Gasteiger partial charge on any atom is 0.306 e. The maximum absolute atomic E-state index is 12.9. The zero-order valence-corrected chi connectivity index (χ0v) is 49.3. The molecule has 0 N–H and O–H groups in total. The predicted molar refractivity (Wildman–Crippen MR) is 325 cm³/mol. The molecule has 430 valence electrons. The molecule has 6 heteroatoms. The smallest absolute Gasteiger partial charge is 0.306 e. The van der Waals surface area contributed by atoms with Crippen molar-refractivity contribution in [2.75, 3.05) is 13.2 Å². The SMILES string of the molecule is CC/C=C\C/C=C\C/C=C\CCCCCCCCCC(=O)OC(COC(=O)CCCCC/C=C\C/C=C\C/C=C\CC)COC(=O)CCCCCCCCCCCCCCCCC/C=C\C/C=C\CCCCCCC. The molecule has 0 saturated carbocycles. The second kappa shape index (κ2) is 62.9. The van der Waals surface area contributed by atoms with Crippen molar-refractivity contribution in [2.24, 2.45) is 0 Å². The molecule has 0 saturated heterocycles. The molecule has 0 fully saturated rings. The first-order valence-electron chi connectivity index (χ1n) is 31.7. The summed E-state index contributed by atoms with van der Waals surface area (Å²) >= 11 is 0. The van der Waals surface area contributed by atoms with Gasteiger partial charge in [0.15, 0.2) is 6.10 Å². The first-order chi connectivity index (χ1) is 37.0. The van der Waals surface area contributed by atoms with Gasteiger partial charge in [-0.3, -0.25) is 14.4 Å². The molecule has 0 heterocycles. The average molecular weight is 1040 g/mol. The van der Waals surface area contributed by atoms with Crippen LogP contribution in [0.1, 0.15) is 303 Å². The van der Waals surface area contributed by atoms with Gasteiger partial charge in [-0.1, -0.05) is 266 Å². The predicted octanol–water partition coefficient (Wildman–Crippen LogP) is 21.7. The fraction of sp³-hybridized carbons (Fsp3) is 0.725. The van der Waals surface area contributed by atoms with E-state index in [1.165, 1.54) is 148 Å². The van der Waals surface area contributed by atoms with Gasteiger partial charge in [-0.15, -0.1) is 0 Å². The lowest BCUT2D eigenvalue weighted by atomic mass is 10.0. The minimum Gasteiger partial charge on any atom is -0.462 e. The minimum absolute atomic E-state index is 0.0903. The number of rotatable bonds is 57. The fourth-order valence-corrected chi connectivity index (χ4v) is 8.86. The van der Waals surface area contributed by atoms with Crippen LogP contribution in [-0.4, -0.2) is 37.2 Å². The molecule has 0 radical (unpaired) electrons. The Hall–Kier alpha value is -3.67. The van der Waals surface area contributed by atoms with E-state index in [2.05, 4.69) is 118 Å². The van der Waals surface area contributed by atoms with Gasteiger partial charge in [0.1, 0.15) is 13.2 Å². The number of hydrogen-bond acceptors (Lipinski definition) is 6. The van der Waals surface area contributed by atoms with Crippen LogP contribution in [0.4, 0.5) is 0 Å². The van der Waals surface area contributed by atoms with E-state index >= 15 is 0 Å². The number of carbonyl (C=O) groups is 3. The Morgan fingerprint density at radius 1 is 0.280 bits per heavy atom. The Kier molecular flexibility index (Phi) is 59.8. The van der Waals surface area contributed by atoms with Crippen molar-refractivity contribution >= 4 is 17.9 Å². The summed E-state index contributed by atoms with van der Waals surface area (Å²) in [4.78, 5) is 38.2. The van der Waals surface area contributed by atoms with Crippen molar-refractivity contribution < 1.29 is 28.6 Å². The van der Waals surface area contributed by atoms with Crippen molar-refractivity contribution in [1.29, 1.82) is 0 Å². The summed E-state index contributed by atoms with van der Waals surface area (Å²) in [6, 6.07) is 0. The van der Waals surface area contributed by atoms with Crippen LogP contribution in [0.15, 0.2) is 97.2 Å². The highest BCUT2D eigenvalue weighted by molar-refractivity contribution is 5.71. The molecule has 0 aromatic carbocycles. The van der Waals surface area contributed by atoms with Crippen LogP contribution < -0.4 is 0 Å². The summed E-state index contributed by atoms with van der Waals surface area (Å²) in [5, 5.41) is 0. The minimum atomic E-state index is -0.796. The van der Waals surface area contributed by atoms with Crippen LogP contribution in [0.2, 0.25) is 0 Å². The van der Waals surface area contributed by atoms with Crippen LogP contribution in [0.5, 0.6) is 0 Å². The van der Waals surface area contributed by atoms with E-state index < -0.39 is 6.10 Å². The zero-order valence-electron chi connectivity index (χ0n) is 49.3. The maximum atomic E-state index is 12.9. The summed E-state index contributed by atoms with van der Waals surface area (Å²) in [5.74, 6) is -0.923. The van der Waals surface area contributed by atoms with Gasteiger partial charge in [-0.25, -0.2) is 0 Å². The van der Waals surface area contributed by atoms with Gasteiger partial charge in [0.05, 0.1) is 0 Å². The number of unbranched alkanes of at least 4 members (excludes halogenated alkanes) is 30. The van der Waals surface area contributed by atoms with Crippen molar-refractivity contribution in [3.05, 3.63) is 97.2 Å². The molecule has 75 heavy (non-hydrogen) atoms. The normalized spacial score (nSPS) is 12.7. The van der Waals surface area contributed by atoms with Crippen molar-refractivity contribution in [3.63, 3.8) is 0 Å². The first-order valence-corrected chi connectivity index (χ1v) is 31.7. The van der Waals surface area contributed by atoms with E-state index in [4.69, 9.17) is 14.2 Å². The van der Waals surface area contributed by atoms with Gasteiger partial charge >= 0.3 is 17.9 Å². The molecule has 1 unspecified atom stereocenters. The van der Waals surface area contributed by atoms with Crippen molar-refractivity contribution in [3.8, 4) is 0 Å². The first kappa shape index (κ1) is 71.3. The van der Waals surface area contributed by atoms with Gasteiger partial charge in [0, 0.05) is 19.3 Å². The third-order valence-corrected chi connectivity index (χ3v) is 13.6. The van der Waals surface area contributed by atoms with Gasteiger partial charge in [0.25, 0.3) is 0 Å². The van der Waals surface area contributed by atoms with Gasteiger partial charge in [-0.05, 0) is 116 Å². The second-order valence-electron chi connectivity index (χ2n) is 20.9. The molecule has 0 rings (SSSR count). The zero-order chi connectivity index (χ0) is 54.3. The Bertz CT molecular complexity index is 1480. The average Bonchev–Trinajstić information content (AvgIpc) is 3.41. The number of allylic oxidation sites excluding steroid dienone is 16. The second-order valence-corrected chi connectivity index (χ2v) is 20.9. The van der Waals surface area contributed by atoms with E-state index in [1.807, 2.05) is 0 Å². The Morgan fingerprint density at radius 2 is 0.520 bits per heavy atom. The Balaban J connectivity index is 4.28. The van der Waals surface area contributed by atoms with Gasteiger partial charge < -0.3 is 14.2 Å². The number of hydrogen-bond donors (Lipinski definition) is 0. The molecular formula is C69H118O6. The highest BCUT2D eigenvalue weighted by atomic mass is 16.6. The third kappa shape index (κ3) is 61.1. The van der Waals surface area contributed by atoms with Gasteiger partial charge in [0.2, 0.25) is 0 Å². The van der Waals surface area contributed by atoms with E-state index in [0.717, 1.165) is 116 Å². The van der Waals surface area contributed by atoms with Crippen molar-refractivity contribution in [1.82, 2.24) is 0 Å². The van der Waals surface area contributed by atoms with E-state index in [1.54, 1.807) is 0 Å². The molecule has 0 aliphatic carbocycles. The molecular weight excluding hydrogens is 925 g/mol. The number of esters is 3. The molecule has 0 bridgehead atoms. The Labute approximate surface area is 464 Å². The number of ether oxygens (including phenoxy) is 3. The molecule has 0 aliphatic rings. The van der Waals surface area contributed by atoms with Crippen molar-refractivity contribution in [2.45, 2.75) is 309 Å². The van der Waals surface area contributed by atoms with Crippen LogP contribution in [0.25, 0.3) is 0 Å². The lowest BCUT2D eigenvalue weighted by molar-refractivity contribution is -0.167. The highest BCUT2D eigenvalue weighted by Crippen LogP contribution is 2.16. The van der Waals surface area contributed by atoms with E-state index in [-0.39, 0.29) is 31.1 Å². The highest BCUT2D eigenvalue weighted by Gasteiger charge is 2.19. The lowest BCUT2D eigenvalue weighted by Crippen LogP contribution is -2.30. The lowest BCUT2D eigenvalue weighted by Gasteiger charge is -2.18. The monoisotopic (exact) mass is 1040 g/mol. The molecule has 6 nitrogen and oxygen atoms in total. The van der Waals surface area contributed by atoms with E-state index in [0.29, 0.717) is 19.3 Å². The third-order valence-electron chi connectivity index (χ3n) is 13.6.